The van der Waals surface area contributed by atoms with Crippen molar-refractivity contribution in [1.82, 2.24) is 0 Å². The van der Waals surface area contributed by atoms with E-state index in [0.717, 1.165) is 24.3 Å². The van der Waals surface area contributed by atoms with Gasteiger partial charge in [-0.3, -0.25) is 4.79 Å². The molecule has 4 nitrogen and oxygen atoms in total. The van der Waals surface area contributed by atoms with Crippen LogP contribution in [0.4, 0.5) is 5.69 Å². The molecule has 0 spiro atoms. The van der Waals surface area contributed by atoms with Gasteiger partial charge in [0, 0.05) is 24.3 Å². The van der Waals surface area contributed by atoms with Gasteiger partial charge in [0.2, 0.25) is 5.91 Å². The predicted octanol–water partition coefficient (Wildman–Crippen LogP) is 2.84. The Balaban J connectivity index is 2.00. The van der Waals surface area contributed by atoms with E-state index >= 15 is 0 Å². The summed E-state index contributed by atoms with van der Waals surface area (Å²) in [6.07, 6.45) is 1.53. The van der Waals surface area contributed by atoms with Gasteiger partial charge in [-0.05, 0) is 38.8 Å². The minimum absolute atomic E-state index is 0.00921. The Morgan fingerprint density at radius 3 is 2.95 bits per heavy atom. The van der Waals surface area contributed by atoms with Gasteiger partial charge in [0.05, 0.1) is 12.7 Å². The minimum atomic E-state index is -0.214. The molecule has 1 saturated heterocycles. The van der Waals surface area contributed by atoms with Gasteiger partial charge in [-0.25, -0.2) is 0 Å². The summed E-state index contributed by atoms with van der Waals surface area (Å²) in [6.45, 7) is 4.69. The minimum Gasteiger partial charge on any atom is -0.497 e. The number of hydrogen-bond acceptors (Lipinski definition) is 3. The summed E-state index contributed by atoms with van der Waals surface area (Å²) in [6, 6.07) is 7.41. The van der Waals surface area contributed by atoms with Gasteiger partial charge in [0.1, 0.15) is 5.75 Å². The van der Waals surface area contributed by atoms with Crippen LogP contribution >= 0.6 is 0 Å². The lowest BCUT2D eigenvalue weighted by atomic mass is 9.88. The van der Waals surface area contributed by atoms with E-state index in [1.165, 1.54) is 0 Å². The first-order chi connectivity index (χ1) is 9.00. The van der Waals surface area contributed by atoms with Gasteiger partial charge in [-0.15, -0.1) is 0 Å². The lowest BCUT2D eigenvalue weighted by Crippen LogP contribution is -2.39. The average Bonchev–Trinajstić information content (AvgIpc) is 2.37. The summed E-state index contributed by atoms with van der Waals surface area (Å²) < 4.78 is 10.8. The molecule has 1 atom stereocenters. The number of ether oxygens (including phenoxy) is 2. The largest absolute Gasteiger partial charge is 0.497 e. The highest BCUT2D eigenvalue weighted by atomic mass is 16.5. The van der Waals surface area contributed by atoms with Gasteiger partial charge in [-0.1, -0.05) is 6.07 Å². The summed E-state index contributed by atoms with van der Waals surface area (Å²) in [5, 5.41) is 2.95. The monoisotopic (exact) mass is 263 g/mol. The fraction of sp³-hybridized carbons (Fsp3) is 0.533. The van der Waals surface area contributed by atoms with Gasteiger partial charge >= 0.3 is 0 Å². The molecule has 4 heteroatoms. The van der Waals surface area contributed by atoms with E-state index in [-0.39, 0.29) is 17.4 Å². The van der Waals surface area contributed by atoms with Crippen molar-refractivity contribution < 1.29 is 14.3 Å². The summed E-state index contributed by atoms with van der Waals surface area (Å²) in [5.74, 6) is 0.810. The van der Waals surface area contributed by atoms with Gasteiger partial charge < -0.3 is 14.8 Å². The summed E-state index contributed by atoms with van der Waals surface area (Å²) in [5.41, 5.74) is 0.558. The number of methoxy groups -OCH3 is 1. The van der Waals surface area contributed by atoms with Crippen LogP contribution in [0.5, 0.6) is 5.75 Å². The van der Waals surface area contributed by atoms with Crippen molar-refractivity contribution >= 4 is 11.6 Å². The number of amides is 1. The Morgan fingerprint density at radius 2 is 2.26 bits per heavy atom. The normalized spacial score (nSPS) is 21.7. The molecule has 2 rings (SSSR count). The first-order valence-electron chi connectivity index (χ1n) is 6.59. The van der Waals surface area contributed by atoms with Gasteiger partial charge in [-0.2, -0.15) is 0 Å². The first-order valence-corrected chi connectivity index (χ1v) is 6.59. The zero-order valence-electron chi connectivity index (χ0n) is 11.7. The topological polar surface area (TPSA) is 47.6 Å². The molecule has 1 unspecified atom stereocenters. The Bertz CT molecular complexity index is 456. The third kappa shape index (κ3) is 3.70. The molecule has 1 aromatic rings. The van der Waals surface area contributed by atoms with E-state index in [4.69, 9.17) is 9.47 Å². The first kappa shape index (κ1) is 13.9. The average molecular weight is 263 g/mol. The Labute approximate surface area is 114 Å². The predicted molar refractivity (Wildman–Crippen MR) is 74.4 cm³/mol. The summed E-state index contributed by atoms with van der Waals surface area (Å²) in [4.78, 5) is 12.2. The molecular weight excluding hydrogens is 242 g/mol. The second-order valence-corrected chi connectivity index (χ2v) is 5.52. The summed E-state index contributed by atoms with van der Waals surface area (Å²) >= 11 is 0. The SMILES string of the molecule is COc1cccc(NC(=O)C2CCOC(C)(C)C2)c1. The van der Waals surface area contributed by atoms with E-state index in [9.17, 15) is 4.79 Å². The molecule has 0 saturated carbocycles. The van der Waals surface area contributed by atoms with Crippen molar-refractivity contribution in [1.29, 1.82) is 0 Å². The van der Waals surface area contributed by atoms with Gasteiger partial charge in [0.25, 0.3) is 0 Å². The van der Waals surface area contributed by atoms with E-state index in [2.05, 4.69) is 5.32 Å². The molecule has 1 heterocycles. The van der Waals surface area contributed by atoms with Crippen molar-refractivity contribution in [2.45, 2.75) is 32.3 Å². The van der Waals surface area contributed by atoms with Crippen molar-refractivity contribution in [3.63, 3.8) is 0 Å². The van der Waals surface area contributed by atoms with E-state index < -0.39 is 0 Å². The van der Waals surface area contributed by atoms with Crippen molar-refractivity contribution in [2.75, 3.05) is 19.0 Å². The number of benzene rings is 1. The molecule has 1 N–H and O–H groups in total. The van der Waals surface area contributed by atoms with Crippen LogP contribution in [0.15, 0.2) is 24.3 Å². The van der Waals surface area contributed by atoms with E-state index in [1.807, 2.05) is 38.1 Å². The number of carbonyl (C=O) groups excluding carboxylic acids is 1. The van der Waals surface area contributed by atoms with Crippen LogP contribution < -0.4 is 10.1 Å². The second kappa shape index (κ2) is 5.61. The van der Waals surface area contributed by atoms with Crippen LogP contribution in [0.3, 0.4) is 0 Å². The molecule has 19 heavy (non-hydrogen) atoms. The van der Waals surface area contributed by atoms with Crippen molar-refractivity contribution in [3.8, 4) is 5.75 Å². The lowest BCUT2D eigenvalue weighted by molar-refractivity contribution is -0.130. The number of rotatable bonds is 3. The Hall–Kier alpha value is -1.55. The van der Waals surface area contributed by atoms with Crippen LogP contribution in [-0.2, 0) is 9.53 Å². The van der Waals surface area contributed by atoms with Crippen LogP contribution in [0.1, 0.15) is 26.7 Å². The highest BCUT2D eigenvalue weighted by molar-refractivity contribution is 5.92. The third-order valence-electron chi connectivity index (χ3n) is 3.41. The maximum Gasteiger partial charge on any atom is 0.227 e. The number of anilines is 1. The summed E-state index contributed by atoms with van der Waals surface area (Å²) in [7, 11) is 1.61. The second-order valence-electron chi connectivity index (χ2n) is 5.52. The molecule has 1 aliphatic rings. The van der Waals surface area contributed by atoms with Crippen LogP contribution in [0.2, 0.25) is 0 Å². The molecule has 0 bridgehead atoms. The van der Waals surface area contributed by atoms with Crippen molar-refractivity contribution in [3.05, 3.63) is 24.3 Å². The fourth-order valence-electron chi connectivity index (χ4n) is 2.40. The molecule has 1 amide bonds. The highest BCUT2D eigenvalue weighted by Gasteiger charge is 2.32. The molecule has 1 aromatic carbocycles. The smallest absolute Gasteiger partial charge is 0.227 e. The molecule has 1 fully saturated rings. The maximum atomic E-state index is 12.2. The van der Waals surface area contributed by atoms with Crippen LogP contribution in [-0.4, -0.2) is 25.2 Å². The van der Waals surface area contributed by atoms with Crippen molar-refractivity contribution in [2.24, 2.45) is 5.92 Å². The standard InChI is InChI=1S/C15H21NO3/c1-15(2)10-11(7-8-19-15)14(17)16-12-5-4-6-13(9-12)18-3/h4-6,9,11H,7-8,10H2,1-3H3,(H,16,17). The number of nitrogens with one attached hydrogen (secondary N) is 1. The number of hydrogen-bond donors (Lipinski definition) is 1. The zero-order valence-corrected chi connectivity index (χ0v) is 11.7. The quantitative estimate of drug-likeness (QED) is 0.912. The van der Waals surface area contributed by atoms with Crippen LogP contribution in [0.25, 0.3) is 0 Å². The number of carbonyl (C=O) groups is 1. The molecular formula is C15H21NO3. The molecule has 0 radical (unpaired) electrons. The highest BCUT2D eigenvalue weighted by Crippen LogP contribution is 2.29. The molecule has 1 aliphatic heterocycles. The van der Waals surface area contributed by atoms with E-state index in [1.54, 1.807) is 7.11 Å². The molecule has 104 valence electrons. The Morgan fingerprint density at radius 1 is 1.47 bits per heavy atom. The Kier molecular flexibility index (Phi) is 4.10. The zero-order chi connectivity index (χ0) is 13.9. The van der Waals surface area contributed by atoms with E-state index in [0.29, 0.717) is 6.61 Å². The fourth-order valence-corrected chi connectivity index (χ4v) is 2.40. The maximum absolute atomic E-state index is 12.2. The van der Waals surface area contributed by atoms with Gasteiger partial charge in [0.15, 0.2) is 0 Å². The third-order valence-corrected chi connectivity index (χ3v) is 3.41. The van der Waals surface area contributed by atoms with Crippen LogP contribution in [0, 0.1) is 5.92 Å². The lowest BCUT2D eigenvalue weighted by Gasteiger charge is -2.34. The molecule has 0 aliphatic carbocycles. The molecule has 0 aromatic heterocycles.